The number of carbonyl (C=O) groups is 2. The lowest BCUT2D eigenvalue weighted by atomic mass is 10.2. The molecule has 4 rings (SSSR count). The first-order chi connectivity index (χ1) is 13.1. The van der Waals surface area contributed by atoms with E-state index in [2.05, 4.69) is 4.98 Å². The fourth-order valence-electron chi connectivity index (χ4n) is 3.08. The molecular formula is C18H18N2O6S. The van der Waals surface area contributed by atoms with Crippen molar-refractivity contribution in [3.8, 4) is 22.1 Å². The molecule has 1 saturated heterocycles. The number of aliphatic carboxylic acids is 1. The number of ether oxygens (including phenoxy) is 3. The summed E-state index contributed by atoms with van der Waals surface area (Å²) in [5.41, 5.74) is 1.61. The number of rotatable bonds is 5. The van der Waals surface area contributed by atoms with Crippen LogP contribution in [0.2, 0.25) is 0 Å². The summed E-state index contributed by atoms with van der Waals surface area (Å²) >= 11 is 1.47. The minimum atomic E-state index is -0.929. The van der Waals surface area contributed by atoms with Crippen LogP contribution in [0.15, 0.2) is 23.6 Å². The Bertz CT molecular complexity index is 867. The van der Waals surface area contributed by atoms with Gasteiger partial charge in [-0.1, -0.05) is 0 Å². The summed E-state index contributed by atoms with van der Waals surface area (Å²) in [4.78, 5) is 29.6. The maximum atomic E-state index is 12.5. The van der Waals surface area contributed by atoms with Gasteiger partial charge in [0.25, 0.3) is 0 Å². The second-order valence-electron chi connectivity index (χ2n) is 6.32. The van der Waals surface area contributed by atoms with E-state index in [0.29, 0.717) is 36.9 Å². The van der Waals surface area contributed by atoms with E-state index in [1.807, 2.05) is 23.6 Å². The summed E-state index contributed by atoms with van der Waals surface area (Å²) < 4.78 is 16.1. The minimum Gasteiger partial charge on any atom is -0.481 e. The first-order valence-electron chi connectivity index (χ1n) is 8.54. The molecule has 9 heteroatoms. The number of amides is 1. The van der Waals surface area contributed by atoms with Gasteiger partial charge in [-0.05, 0) is 18.2 Å². The second kappa shape index (κ2) is 7.53. The monoisotopic (exact) mass is 390 g/mol. The van der Waals surface area contributed by atoms with Crippen LogP contribution in [0, 0.1) is 0 Å². The van der Waals surface area contributed by atoms with Gasteiger partial charge in [-0.15, -0.1) is 11.3 Å². The summed E-state index contributed by atoms with van der Waals surface area (Å²) in [7, 11) is 0. The molecule has 2 aliphatic heterocycles. The van der Waals surface area contributed by atoms with Gasteiger partial charge in [0.05, 0.1) is 31.2 Å². The van der Waals surface area contributed by atoms with E-state index in [0.717, 1.165) is 10.6 Å². The van der Waals surface area contributed by atoms with Crippen molar-refractivity contribution >= 4 is 23.2 Å². The normalized spacial score (nSPS) is 18.5. The fourth-order valence-corrected chi connectivity index (χ4v) is 3.90. The van der Waals surface area contributed by atoms with Crippen LogP contribution in [0.5, 0.6) is 11.5 Å². The highest BCUT2D eigenvalue weighted by atomic mass is 32.1. The standard InChI is InChI=1S/C18H18N2O6S/c21-16(20-3-4-24-13(8-20)7-17(22)23)6-12-9-27-18(19-12)11-1-2-14-15(5-11)26-10-25-14/h1-2,5,9,13H,3-4,6-8,10H2,(H,22,23). The summed E-state index contributed by atoms with van der Waals surface area (Å²) in [6, 6.07) is 5.64. The van der Waals surface area contributed by atoms with E-state index in [1.54, 1.807) is 4.90 Å². The fraction of sp³-hybridized carbons (Fsp3) is 0.389. The smallest absolute Gasteiger partial charge is 0.306 e. The lowest BCUT2D eigenvalue weighted by Gasteiger charge is -2.32. The molecule has 1 aromatic carbocycles. The molecule has 1 unspecified atom stereocenters. The average Bonchev–Trinajstić information content (AvgIpc) is 3.29. The number of hydrogen-bond donors (Lipinski definition) is 1. The Morgan fingerprint density at radius 1 is 1.30 bits per heavy atom. The predicted octanol–water partition coefficient (Wildman–Crippen LogP) is 1.78. The van der Waals surface area contributed by atoms with Gasteiger partial charge < -0.3 is 24.2 Å². The molecule has 2 aliphatic rings. The first-order valence-corrected chi connectivity index (χ1v) is 9.42. The van der Waals surface area contributed by atoms with Crippen molar-refractivity contribution in [3.05, 3.63) is 29.3 Å². The highest BCUT2D eigenvalue weighted by molar-refractivity contribution is 7.13. The van der Waals surface area contributed by atoms with Crippen LogP contribution in [-0.4, -0.2) is 59.5 Å². The average molecular weight is 390 g/mol. The van der Waals surface area contributed by atoms with Gasteiger partial charge in [0.2, 0.25) is 12.7 Å². The Balaban J connectivity index is 1.40. The van der Waals surface area contributed by atoms with Crippen molar-refractivity contribution in [2.75, 3.05) is 26.5 Å². The first kappa shape index (κ1) is 17.7. The lowest BCUT2D eigenvalue weighted by molar-refractivity contribution is -0.147. The molecule has 27 heavy (non-hydrogen) atoms. The SMILES string of the molecule is O=C(O)CC1CN(C(=O)Cc2csc(-c3ccc4c(c3)OCO4)n2)CCO1. The number of thiazole rings is 1. The van der Waals surface area contributed by atoms with Crippen LogP contribution in [0.4, 0.5) is 0 Å². The Labute approximate surface area is 159 Å². The zero-order chi connectivity index (χ0) is 18.8. The number of benzene rings is 1. The van der Waals surface area contributed by atoms with Crippen LogP contribution in [0.3, 0.4) is 0 Å². The molecule has 0 aliphatic carbocycles. The highest BCUT2D eigenvalue weighted by Gasteiger charge is 2.26. The zero-order valence-electron chi connectivity index (χ0n) is 14.4. The molecule has 3 heterocycles. The molecule has 142 valence electrons. The zero-order valence-corrected chi connectivity index (χ0v) is 15.2. The van der Waals surface area contributed by atoms with E-state index >= 15 is 0 Å². The lowest BCUT2D eigenvalue weighted by Crippen LogP contribution is -2.46. The number of carboxylic acids is 1. The van der Waals surface area contributed by atoms with Gasteiger partial charge >= 0.3 is 5.97 Å². The molecule has 1 atom stereocenters. The molecule has 1 amide bonds. The van der Waals surface area contributed by atoms with Crippen molar-refractivity contribution in [1.82, 2.24) is 9.88 Å². The molecule has 1 aromatic heterocycles. The number of carbonyl (C=O) groups excluding carboxylic acids is 1. The van der Waals surface area contributed by atoms with E-state index in [9.17, 15) is 9.59 Å². The molecule has 8 nitrogen and oxygen atoms in total. The number of aromatic nitrogens is 1. The largest absolute Gasteiger partial charge is 0.481 e. The molecular weight excluding hydrogens is 372 g/mol. The van der Waals surface area contributed by atoms with Crippen LogP contribution < -0.4 is 9.47 Å². The van der Waals surface area contributed by atoms with Crippen LogP contribution in [-0.2, 0) is 20.7 Å². The molecule has 1 fully saturated rings. The summed E-state index contributed by atoms with van der Waals surface area (Å²) in [5.74, 6) is 0.408. The van der Waals surface area contributed by atoms with E-state index in [1.165, 1.54) is 11.3 Å². The maximum Gasteiger partial charge on any atom is 0.306 e. The molecule has 1 N–H and O–H groups in total. The second-order valence-corrected chi connectivity index (χ2v) is 7.18. The number of fused-ring (bicyclic) bond motifs is 1. The number of morpholine rings is 1. The highest BCUT2D eigenvalue weighted by Crippen LogP contribution is 2.36. The maximum absolute atomic E-state index is 12.5. The third kappa shape index (κ3) is 4.04. The van der Waals surface area contributed by atoms with Gasteiger partial charge in [-0.3, -0.25) is 9.59 Å². The number of nitrogens with zero attached hydrogens (tertiary/aromatic N) is 2. The van der Waals surface area contributed by atoms with Crippen LogP contribution in [0.25, 0.3) is 10.6 Å². The third-order valence-electron chi connectivity index (χ3n) is 4.40. The molecule has 2 aromatic rings. The Morgan fingerprint density at radius 3 is 3.00 bits per heavy atom. The predicted molar refractivity (Wildman–Crippen MR) is 95.9 cm³/mol. The quantitative estimate of drug-likeness (QED) is 0.831. The van der Waals surface area contributed by atoms with E-state index in [4.69, 9.17) is 19.3 Å². The van der Waals surface area contributed by atoms with Gasteiger partial charge in [0.15, 0.2) is 11.5 Å². The Kier molecular flexibility index (Phi) is 4.95. The molecule has 0 radical (unpaired) electrons. The van der Waals surface area contributed by atoms with Crippen molar-refractivity contribution in [3.63, 3.8) is 0 Å². The summed E-state index contributed by atoms with van der Waals surface area (Å²) in [6.07, 6.45) is -0.380. The Morgan fingerprint density at radius 2 is 2.15 bits per heavy atom. The third-order valence-corrected chi connectivity index (χ3v) is 5.34. The van der Waals surface area contributed by atoms with E-state index < -0.39 is 12.1 Å². The number of carboxylic acid groups (broad SMARTS) is 1. The molecule has 0 spiro atoms. The minimum absolute atomic E-state index is 0.0729. The molecule has 0 saturated carbocycles. The van der Waals surface area contributed by atoms with E-state index in [-0.39, 0.29) is 25.5 Å². The van der Waals surface area contributed by atoms with Crippen molar-refractivity contribution < 1.29 is 28.9 Å². The van der Waals surface area contributed by atoms with Crippen molar-refractivity contribution in [2.24, 2.45) is 0 Å². The molecule has 0 bridgehead atoms. The van der Waals surface area contributed by atoms with Crippen LogP contribution in [0.1, 0.15) is 12.1 Å². The van der Waals surface area contributed by atoms with Crippen LogP contribution >= 0.6 is 11.3 Å². The summed E-state index contributed by atoms with van der Waals surface area (Å²) in [5, 5.41) is 11.6. The summed E-state index contributed by atoms with van der Waals surface area (Å²) in [6.45, 7) is 1.33. The van der Waals surface area contributed by atoms with Crippen molar-refractivity contribution in [2.45, 2.75) is 18.9 Å². The van der Waals surface area contributed by atoms with Gasteiger partial charge in [0.1, 0.15) is 5.01 Å². The Hall–Kier alpha value is -2.65. The van der Waals surface area contributed by atoms with Gasteiger partial charge in [-0.2, -0.15) is 0 Å². The number of hydrogen-bond acceptors (Lipinski definition) is 7. The van der Waals surface area contributed by atoms with Gasteiger partial charge in [0, 0.05) is 24.0 Å². The van der Waals surface area contributed by atoms with Gasteiger partial charge in [-0.25, -0.2) is 4.98 Å². The topological polar surface area (TPSA) is 98.2 Å². The van der Waals surface area contributed by atoms with Crippen molar-refractivity contribution in [1.29, 1.82) is 0 Å².